The quantitative estimate of drug-likeness (QED) is 0.851. The first-order valence-electron chi connectivity index (χ1n) is 9.33. The molecule has 4 rings (SSSR count). The Labute approximate surface area is 154 Å². The second-order valence-electron chi connectivity index (χ2n) is 7.42. The van der Waals surface area contributed by atoms with Gasteiger partial charge in [-0.2, -0.15) is 0 Å². The van der Waals surface area contributed by atoms with Gasteiger partial charge >= 0.3 is 0 Å². The predicted octanol–water partition coefficient (Wildman–Crippen LogP) is 3.19. The largest absolute Gasteiger partial charge is 0.328 e. The minimum Gasteiger partial charge on any atom is -0.328 e. The number of carbonyl (C=O) groups is 2. The number of hydrogen-bond donors (Lipinski definition) is 0. The SMILES string of the molecule is Cc1ccc(N2C[C@@H](Cc3ccccc3)N(C(=O)C3CC3)CC2=O)cc1. The smallest absolute Gasteiger partial charge is 0.246 e. The number of hydrogen-bond acceptors (Lipinski definition) is 2. The van der Waals surface area contributed by atoms with Gasteiger partial charge < -0.3 is 9.80 Å². The van der Waals surface area contributed by atoms with E-state index in [9.17, 15) is 9.59 Å². The van der Waals surface area contributed by atoms with Gasteiger partial charge in [0.2, 0.25) is 11.8 Å². The minimum absolute atomic E-state index is 0.00663. The molecule has 1 saturated carbocycles. The Kier molecular flexibility index (Phi) is 4.49. The molecule has 26 heavy (non-hydrogen) atoms. The Bertz CT molecular complexity index is 797. The van der Waals surface area contributed by atoms with Crippen molar-refractivity contribution in [3.8, 4) is 0 Å². The lowest BCUT2D eigenvalue weighted by Gasteiger charge is -2.41. The van der Waals surface area contributed by atoms with Gasteiger partial charge in [0, 0.05) is 18.2 Å². The van der Waals surface area contributed by atoms with Crippen LogP contribution in [-0.4, -0.2) is 35.8 Å². The monoisotopic (exact) mass is 348 g/mol. The number of amides is 2. The molecule has 0 N–H and O–H groups in total. The van der Waals surface area contributed by atoms with E-state index in [1.165, 1.54) is 11.1 Å². The van der Waals surface area contributed by atoms with Gasteiger partial charge in [-0.15, -0.1) is 0 Å². The first-order chi connectivity index (χ1) is 12.6. The van der Waals surface area contributed by atoms with Crippen molar-refractivity contribution in [3.05, 3.63) is 65.7 Å². The Morgan fingerprint density at radius 1 is 1.04 bits per heavy atom. The van der Waals surface area contributed by atoms with Crippen molar-refractivity contribution < 1.29 is 9.59 Å². The lowest BCUT2D eigenvalue weighted by molar-refractivity contribution is -0.140. The molecular formula is C22H24N2O2. The maximum Gasteiger partial charge on any atom is 0.246 e. The molecule has 0 aromatic heterocycles. The maximum atomic E-state index is 12.8. The summed E-state index contributed by atoms with van der Waals surface area (Å²) in [6.07, 6.45) is 2.70. The summed E-state index contributed by atoms with van der Waals surface area (Å²) >= 11 is 0. The minimum atomic E-state index is 0.00663. The topological polar surface area (TPSA) is 40.6 Å². The van der Waals surface area contributed by atoms with Crippen LogP contribution in [0.25, 0.3) is 0 Å². The molecule has 0 bridgehead atoms. The molecule has 2 aliphatic rings. The molecule has 1 atom stereocenters. The molecule has 134 valence electrons. The molecule has 0 spiro atoms. The highest BCUT2D eigenvalue weighted by atomic mass is 16.2. The van der Waals surface area contributed by atoms with Gasteiger partial charge in [0.05, 0.1) is 6.04 Å². The molecule has 0 radical (unpaired) electrons. The van der Waals surface area contributed by atoms with Crippen LogP contribution in [0, 0.1) is 12.8 Å². The van der Waals surface area contributed by atoms with Crippen molar-refractivity contribution in [3.63, 3.8) is 0 Å². The number of anilines is 1. The fourth-order valence-electron chi connectivity index (χ4n) is 3.63. The summed E-state index contributed by atoms with van der Waals surface area (Å²) in [5, 5.41) is 0. The number of piperazine rings is 1. The van der Waals surface area contributed by atoms with Crippen molar-refractivity contribution >= 4 is 17.5 Å². The molecule has 1 saturated heterocycles. The third-order valence-electron chi connectivity index (χ3n) is 5.31. The predicted molar refractivity (Wildman–Crippen MR) is 102 cm³/mol. The highest BCUT2D eigenvalue weighted by Crippen LogP contribution is 2.33. The molecule has 4 heteroatoms. The van der Waals surface area contributed by atoms with Gasteiger partial charge in [-0.1, -0.05) is 48.0 Å². The molecule has 0 unspecified atom stereocenters. The summed E-state index contributed by atoms with van der Waals surface area (Å²) in [5.74, 6) is 0.294. The molecule has 2 aromatic carbocycles. The summed E-state index contributed by atoms with van der Waals surface area (Å²) in [7, 11) is 0. The van der Waals surface area contributed by atoms with Gasteiger partial charge in [-0.05, 0) is 43.9 Å². The number of aryl methyl sites for hydroxylation is 1. The number of rotatable bonds is 4. The third-order valence-corrected chi connectivity index (χ3v) is 5.31. The van der Waals surface area contributed by atoms with Crippen molar-refractivity contribution in [2.24, 2.45) is 5.92 Å². The third kappa shape index (κ3) is 3.50. The molecular weight excluding hydrogens is 324 g/mol. The zero-order chi connectivity index (χ0) is 18.1. The normalized spacial score (nSPS) is 20.3. The second-order valence-corrected chi connectivity index (χ2v) is 7.42. The van der Waals surface area contributed by atoms with Gasteiger partial charge in [0.15, 0.2) is 0 Å². The summed E-state index contributed by atoms with van der Waals surface area (Å²) in [6.45, 7) is 2.77. The molecule has 1 heterocycles. The standard InChI is InChI=1S/C22H24N2O2/c1-16-7-11-19(12-8-16)23-14-20(13-17-5-3-2-4-6-17)24(15-21(23)25)22(26)18-9-10-18/h2-8,11-12,18,20H,9-10,13-15H2,1H3/t20-/m1/s1. The molecule has 1 aliphatic heterocycles. The Balaban J connectivity index is 1.59. The Morgan fingerprint density at radius 3 is 2.38 bits per heavy atom. The van der Waals surface area contributed by atoms with Crippen LogP contribution >= 0.6 is 0 Å². The molecule has 1 aliphatic carbocycles. The molecule has 2 aromatic rings. The number of nitrogens with zero attached hydrogens (tertiary/aromatic N) is 2. The number of carbonyl (C=O) groups excluding carboxylic acids is 2. The van der Waals surface area contributed by atoms with Crippen LogP contribution in [0.4, 0.5) is 5.69 Å². The summed E-state index contributed by atoms with van der Waals surface area (Å²) in [5.41, 5.74) is 3.28. The van der Waals surface area contributed by atoms with E-state index in [0.29, 0.717) is 6.54 Å². The first-order valence-corrected chi connectivity index (χ1v) is 9.33. The fourth-order valence-corrected chi connectivity index (χ4v) is 3.63. The van der Waals surface area contributed by atoms with E-state index in [4.69, 9.17) is 0 Å². The van der Waals surface area contributed by atoms with Gasteiger partial charge in [-0.25, -0.2) is 0 Å². The van der Waals surface area contributed by atoms with Gasteiger partial charge in [0.1, 0.15) is 6.54 Å². The van der Waals surface area contributed by atoms with Crippen LogP contribution in [0.5, 0.6) is 0 Å². The van der Waals surface area contributed by atoms with E-state index in [-0.39, 0.29) is 30.3 Å². The lowest BCUT2D eigenvalue weighted by atomic mass is 10.0. The molecule has 4 nitrogen and oxygen atoms in total. The van der Waals surface area contributed by atoms with Crippen LogP contribution in [0.3, 0.4) is 0 Å². The van der Waals surface area contributed by atoms with Gasteiger partial charge in [-0.3, -0.25) is 9.59 Å². The summed E-state index contributed by atoms with van der Waals surface area (Å²) < 4.78 is 0. The zero-order valence-corrected chi connectivity index (χ0v) is 15.1. The molecule has 2 amide bonds. The van der Waals surface area contributed by atoms with Gasteiger partial charge in [0.25, 0.3) is 0 Å². The average Bonchev–Trinajstić information content (AvgIpc) is 3.49. The summed E-state index contributed by atoms with van der Waals surface area (Å²) in [6, 6.07) is 18.3. The second kappa shape index (κ2) is 6.94. The Morgan fingerprint density at radius 2 is 1.73 bits per heavy atom. The number of benzene rings is 2. The first kappa shape index (κ1) is 16.8. The van der Waals surface area contributed by atoms with Crippen molar-refractivity contribution in [2.75, 3.05) is 18.0 Å². The maximum absolute atomic E-state index is 12.8. The van der Waals surface area contributed by atoms with Crippen LogP contribution in [0.1, 0.15) is 24.0 Å². The zero-order valence-electron chi connectivity index (χ0n) is 15.1. The highest BCUT2D eigenvalue weighted by Gasteiger charge is 2.41. The van der Waals surface area contributed by atoms with E-state index < -0.39 is 0 Å². The van der Waals surface area contributed by atoms with Crippen molar-refractivity contribution in [1.82, 2.24) is 4.90 Å². The molecule has 2 fully saturated rings. The average molecular weight is 348 g/mol. The van der Waals surface area contributed by atoms with Crippen LogP contribution in [-0.2, 0) is 16.0 Å². The van der Waals surface area contributed by atoms with Crippen LogP contribution in [0.2, 0.25) is 0 Å². The Hall–Kier alpha value is -2.62. The highest BCUT2D eigenvalue weighted by molar-refractivity contribution is 5.98. The van der Waals surface area contributed by atoms with E-state index in [1.807, 2.05) is 59.2 Å². The van der Waals surface area contributed by atoms with E-state index in [1.54, 1.807) is 0 Å². The van der Waals surface area contributed by atoms with E-state index >= 15 is 0 Å². The van der Waals surface area contributed by atoms with Crippen molar-refractivity contribution in [2.45, 2.75) is 32.2 Å². The lowest BCUT2D eigenvalue weighted by Crippen LogP contribution is -2.59. The van der Waals surface area contributed by atoms with E-state index in [0.717, 1.165) is 24.9 Å². The van der Waals surface area contributed by atoms with E-state index in [2.05, 4.69) is 12.1 Å². The fraction of sp³-hybridized carbons (Fsp3) is 0.364. The summed E-state index contributed by atoms with van der Waals surface area (Å²) in [4.78, 5) is 29.2. The van der Waals surface area contributed by atoms with Crippen LogP contribution in [0.15, 0.2) is 54.6 Å². The van der Waals surface area contributed by atoms with Crippen molar-refractivity contribution in [1.29, 1.82) is 0 Å². The van der Waals surface area contributed by atoms with Crippen LogP contribution < -0.4 is 4.90 Å².